The van der Waals surface area contributed by atoms with Gasteiger partial charge < -0.3 is 13.3 Å². The molecule has 4 rings (SSSR count). The van der Waals surface area contributed by atoms with E-state index in [1.165, 1.54) is 0 Å². The molecule has 3 nitrogen and oxygen atoms in total. The Morgan fingerprint density at radius 3 is 1.88 bits per heavy atom. The van der Waals surface area contributed by atoms with Crippen molar-refractivity contribution >= 4 is 0 Å². The van der Waals surface area contributed by atoms with E-state index in [-0.39, 0.29) is 5.41 Å². The summed E-state index contributed by atoms with van der Waals surface area (Å²) in [7, 11) is 0. The predicted molar refractivity (Wildman–Crippen MR) is 92.3 cm³/mol. The van der Waals surface area contributed by atoms with Crippen molar-refractivity contribution in [2.75, 3.05) is 0 Å². The summed E-state index contributed by atoms with van der Waals surface area (Å²) in [6.45, 7) is 6.01. The predicted octanol–water partition coefficient (Wildman–Crippen LogP) is 6.03. The van der Waals surface area contributed by atoms with Crippen LogP contribution in [0.25, 0.3) is 0 Å². The van der Waals surface area contributed by atoms with E-state index in [4.69, 9.17) is 13.3 Å². The zero-order valence-corrected chi connectivity index (χ0v) is 14.6. The molecule has 24 heavy (non-hydrogen) atoms. The second-order valence-corrected chi connectivity index (χ2v) is 7.14. The summed E-state index contributed by atoms with van der Waals surface area (Å²) in [5, 5.41) is 0. The lowest BCUT2D eigenvalue weighted by Crippen LogP contribution is -2.32. The molecule has 126 valence electrons. The fourth-order valence-corrected chi connectivity index (χ4v) is 4.14. The number of rotatable bonds is 3. The van der Waals surface area contributed by atoms with Gasteiger partial charge in [0.2, 0.25) is 0 Å². The SMILES string of the molecule is Cc1ccc([C@@H]2CCCC(c3ccc(C)o3)(c3ccc(C)o3)C2)o1. The minimum absolute atomic E-state index is 0.202. The molecule has 0 aliphatic heterocycles. The van der Waals surface area contributed by atoms with E-state index >= 15 is 0 Å². The second-order valence-electron chi connectivity index (χ2n) is 7.14. The normalized spacial score (nSPS) is 20.4. The fraction of sp³-hybridized carbons (Fsp3) is 0.429. The van der Waals surface area contributed by atoms with E-state index in [1.807, 2.05) is 32.9 Å². The molecule has 1 atom stereocenters. The van der Waals surface area contributed by atoms with Crippen LogP contribution in [-0.4, -0.2) is 0 Å². The lowest BCUT2D eigenvalue weighted by atomic mass is 9.66. The molecule has 1 saturated carbocycles. The summed E-state index contributed by atoms with van der Waals surface area (Å²) in [6, 6.07) is 12.5. The molecule has 0 spiro atoms. The Hall–Kier alpha value is -2.16. The van der Waals surface area contributed by atoms with Gasteiger partial charge in [-0.15, -0.1) is 0 Å². The first kappa shape index (κ1) is 15.4. The van der Waals surface area contributed by atoms with Crippen LogP contribution in [0.1, 0.15) is 66.2 Å². The Morgan fingerprint density at radius 2 is 1.38 bits per heavy atom. The Balaban J connectivity index is 1.78. The summed E-state index contributed by atoms with van der Waals surface area (Å²) >= 11 is 0. The molecular formula is C21H24O3. The van der Waals surface area contributed by atoms with Crippen LogP contribution < -0.4 is 0 Å². The van der Waals surface area contributed by atoms with Gasteiger partial charge in [-0.05, 0) is 76.4 Å². The first-order valence-corrected chi connectivity index (χ1v) is 8.77. The van der Waals surface area contributed by atoms with E-state index < -0.39 is 0 Å². The average Bonchev–Trinajstić information content (AvgIpc) is 3.29. The van der Waals surface area contributed by atoms with Crippen LogP contribution in [0.3, 0.4) is 0 Å². The molecule has 0 saturated heterocycles. The van der Waals surface area contributed by atoms with Crippen LogP contribution in [0.15, 0.2) is 49.6 Å². The van der Waals surface area contributed by atoms with Gasteiger partial charge in [0.05, 0.1) is 5.41 Å². The van der Waals surface area contributed by atoms with Crippen LogP contribution >= 0.6 is 0 Å². The molecule has 0 radical (unpaired) electrons. The topological polar surface area (TPSA) is 39.4 Å². The van der Waals surface area contributed by atoms with E-state index in [2.05, 4.69) is 24.3 Å². The zero-order valence-electron chi connectivity index (χ0n) is 14.6. The molecule has 1 fully saturated rings. The van der Waals surface area contributed by atoms with Crippen LogP contribution in [0.4, 0.5) is 0 Å². The molecule has 0 N–H and O–H groups in total. The van der Waals surface area contributed by atoms with Gasteiger partial charge in [-0.3, -0.25) is 0 Å². The Morgan fingerprint density at radius 1 is 0.792 bits per heavy atom. The first-order valence-electron chi connectivity index (χ1n) is 8.77. The zero-order chi connectivity index (χ0) is 16.7. The smallest absolute Gasteiger partial charge is 0.117 e. The van der Waals surface area contributed by atoms with Crippen LogP contribution in [0.2, 0.25) is 0 Å². The average molecular weight is 324 g/mol. The third-order valence-corrected chi connectivity index (χ3v) is 5.34. The van der Waals surface area contributed by atoms with Crippen molar-refractivity contribution < 1.29 is 13.3 Å². The minimum Gasteiger partial charge on any atom is -0.466 e. The van der Waals surface area contributed by atoms with Gasteiger partial charge in [0, 0.05) is 5.92 Å². The highest BCUT2D eigenvalue weighted by atomic mass is 16.4. The standard InChI is InChI=1S/C21H24O3/c1-14-6-9-18(22-14)17-5-4-12-21(13-17,19-10-7-15(2)23-19)20-11-8-16(3)24-20/h6-11,17H,4-5,12-13H2,1-3H3/t17-/m1/s1. The van der Waals surface area contributed by atoms with Crippen molar-refractivity contribution in [1.29, 1.82) is 0 Å². The van der Waals surface area contributed by atoms with Gasteiger partial charge >= 0.3 is 0 Å². The molecule has 0 aromatic carbocycles. The summed E-state index contributed by atoms with van der Waals surface area (Å²) in [5.41, 5.74) is -0.202. The molecule has 3 aromatic heterocycles. The molecular weight excluding hydrogens is 300 g/mol. The highest BCUT2D eigenvalue weighted by Crippen LogP contribution is 2.50. The molecule has 0 bridgehead atoms. The molecule has 3 heteroatoms. The molecule has 1 aliphatic carbocycles. The van der Waals surface area contributed by atoms with Gasteiger partial charge in [0.1, 0.15) is 34.6 Å². The maximum absolute atomic E-state index is 6.09. The number of hydrogen-bond acceptors (Lipinski definition) is 3. The highest BCUT2D eigenvalue weighted by molar-refractivity contribution is 5.32. The maximum Gasteiger partial charge on any atom is 0.117 e. The first-order chi connectivity index (χ1) is 11.6. The molecule has 0 unspecified atom stereocenters. The minimum atomic E-state index is -0.202. The van der Waals surface area contributed by atoms with Gasteiger partial charge in [-0.25, -0.2) is 0 Å². The second kappa shape index (κ2) is 5.73. The van der Waals surface area contributed by atoms with Crippen molar-refractivity contribution in [2.24, 2.45) is 0 Å². The van der Waals surface area contributed by atoms with E-state index in [0.29, 0.717) is 5.92 Å². The number of aryl methyl sites for hydroxylation is 3. The van der Waals surface area contributed by atoms with Crippen molar-refractivity contribution in [1.82, 2.24) is 0 Å². The van der Waals surface area contributed by atoms with Crippen molar-refractivity contribution in [3.8, 4) is 0 Å². The highest BCUT2D eigenvalue weighted by Gasteiger charge is 2.45. The monoisotopic (exact) mass is 324 g/mol. The lowest BCUT2D eigenvalue weighted by molar-refractivity contribution is 0.213. The van der Waals surface area contributed by atoms with Crippen molar-refractivity contribution in [3.05, 3.63) is 71.0 Å². The molecule has 1 aliphatic rings. The maximum atomic E-state index is 6.09. The van der Waals surface area contributed by atoms with Crippen LogP contribution in [0, 0.1) is 20.8 Å². The number of furan rings is 3. The lowest BCUT2D eigenvalue weighted by Gasteiger charge is -2.37. The van der Waals surface area contributed by atoms with E-state index in [0.717, 1.165) is 60.2 Å². The van der Waals surface area contributed by atoms with Gasteiger partial charge in [-0.1, -0.05) is 6.42 Å². The van der Waals surface area contributed by atoms with E-state index in [9.17, 15) is 0 Å². The van der Waals surface area contributed by atoms with Crippen LogP contribution in [-0.2, 0) is 5.41 Å². The molecule has 0 amide bonds. The van der Waals surface area contributed by atoms with Gasteiger partial charge in [-0.2, -0.15) is 0 Å². The Labute approximate surface area is 142 Å². The quantitative estimate of drug-likeness (QED) is 0.590. The summed E-state index contributed by atoms with van der Waals surface area (Å²) in [6.07, 6.45) is 4.28. The third kappa shape index (κ3) is 2.52. The summed E-state index contributed by atoms with van der Waals surface area (Å²) in [4.78, 5) is 0. The third-order valence-electron chi connectivity index (χ3n) is 5.34. The van der Waals surface area contributed by atoms with Crippen molar-refractivity contribution in [2.45, 2.75) is 57.8 Å². The summed E-state index contributed by atoms with van der Waals surface area (Å²) in [5.74, 6) is 6.38. The molecule has 3 aromatic rings. The Bertz CT molecular complexity index is 793. The van der Waals surface area contributed by atoms with E-state index in [1.54, 1.807) is 0 Å². The Kier molecular flexibility index (Phi) is 3.67. The number of hydrogen-bond donors (Lipinski definition) is 0. The summed E-state index contributed by atoms with van der Waals surface area (Å²) < 4.78 is 18.1. The van der Waals surface area contributed by atoms with Gasteiger partial charge in [0.15, 0.2) is 0 Å². The fourth-order valence-electron chi connectivity index (χ4n) is 4.14. The van der Waals surface area contributed by atoms with Crippen LogP contribution in [0.5, 0.6) is 0 Å². The van der Waals surface area contributed by atoms with Gasteiger partial charge in [0.25, 0.3) is 0 Å². The molecule has 3 heterocycles. The largest absolute Gasteiger partial charge is 0.466 e. The van der Waals surface area contributed by atoms with Crippen molar-refractivity contribution in [3.63, 3.8) is 0 Å².